The monoisotopic (exact) mass is 206 g/mol. The third kappa shape index (κ3) is 1.96. The van der Waals surface area contributed by atoms with Crippen molar-refractivity contribution in [3.8, 4) is 0 Å². The quantitative estimate of drug-likeness (QED) is 0.611. The highest BCUT2D eigenvalue weighted by atomic mass is 16.2. The van der Waals surface area contributed by atoms with Gasteiger partial charge in [0.15, 0.2) is 0 Å². The molecule has 5 nitrogen and oxygen atoms in total. The lowest BCUT2D eigenvalue weighted by molar-refractivity contribution is 0.215. The van der Waals surface area contributed by atoms with Crippen LogP contribution in [0.25, 0.3) is 0 Å². The van der Waals surface area contributed by atoms with E-state index in [1.807, 2.05) is 6.07 Å². The highest BCUT2D eigenvalue weighted by molar-refractivity contribution is 5.76. The van der Waals surface area contributed by atoms with E-state index < -0.39 is 0 Å². The number of benzene rings is 1. The molecule has 1 aliphatic rings. The van der Waals surface area contributed by atoms with Crippen LogP contribution in [0, 0.1) is 0 Å². The molecule has 15 heavy (non-hydrogen) atoms. The lowest BCUT2D eigenvalue weighted by Gasteiger charge is -2.15. The van der Waals surface area contributed by atoms with Crippen LogP contribution in [0.1, 0.15) is 5.56 Å². The maximum atomic E-state index is 11.3. The Morgan fingerprint density at radius 3 is 2.80 bits per heavy atom. The Morgan fingerprint density at radius 1 is 1.40 bits per heavy atom. The summed E-state index contributed by atoms with van der Waals surface area (Å²) in [6, 6.07) is 5.32. The number of nitrogens with one attached hydrogen (secondary N) is 1. The van der Waals surface area contributed by atoms with E-state index in [-0.39, 0.29) is 6.03 Å². The van der Waals surface area contributed by atoms with E-state index in [1.165, 1.54) is 0 Å². The summed E-state index contributed by atoms with van der Waals surface area (Å²) in [6.07, 6.45) is 0. The van der Waals surface area contributed by atoms with Crippen molar-refractivity contribution in [1.82, 2.24) is 10.2 Å². The second-order valence-electron chi connectivity index (χ2n) is 3.61. The fourth-order valence-corrected chi connectivity index (χ4v) is 1.63. The van der Waals surface area contributed by atoms with E-state index in [0.717, 1.165) is 12.1 Å². The smallest absolute Gasteiger partial charge is 0.317 e. The molecule has 1 aliphatic heterocycles. The Balaban J connectivity index is 2.13. The van der Waals surface area contributed by atoms with Gasteiger partial charge in [0.25, 0.3) is 0 Å². The van der Waals surface area contributed by atoms with Gasteiger partial charge >= 0.3 is 6.03 Å². The van der Waals surface area contributed by atoms with Crippen LogP contribution in [-0.2, 0) is 6.54 Å². The largest absolute Gasteiger partial charge is 0.399 e. The first-order chi connectivity index (χ1) is 7.16. The molecule has 5 heteroatoms. The summed E-state index contributed by atoms with van der Waals surface area (Å²) in [4.78, 5) is 13.0. The molecule has 0 saturated carbocycles. The number of nitrogen functional groups attached to an aromatic ring is 2. The predicted molar refractivity (Wildman–Crippen MR) is 59.1 cm³/mol. The van der Waals surface area contributed by atoms with Crippen LogP contribution >= 0.6 is 0 Å². The third-order valence-corrected chi connectivity index (χ3v) is 2.48. The summed E-state index contributed by atoms with van der Waals surface area (Å²) in [6.45, 7) is 1.97. The van der Waals surface area contributed by atoms with Gasteiger partial charge in [0.05, 0.1) is 0 Å². The number of carbonyl (C=O) groups is 1. The number of nitrogens with two attached hydrogens (primary N) is 2. The molecule has 1 fully saturated rings. The number of urea groups is 1. The summed E-state index contributed by atoms with van der Waals surface area (Å²) in [5, 5.41) is 2.74. The standard InChI is InChI=1S/C10H14N4O/c11-8-2-1-7(9(12)5-8)6-14-4-3-13-10(14)15/h1-2,5H,3-4,6,11-12H2,(H,13,15). The van der Waals surface area contributed by atoms with Crippen LogP contribution < -0.4 is 16.8 Å². The molecule has 0 aliphatic carbocycles. The number of hydrogen-bond acceptors (Lipinski definition) is 3. The molecule has 0 radical (unpaired) electrons. The Labute approximate surface area is 88.0 Å². The fraction of sp³-hybridized carbons (Fsp3) is 0.300. The molecule has 0 spiro atoms. The molecule has 80 valence electrons. The van der Waals surface area contributed by atoms with Crippen molar-refractivity contribution in [2.24, 2.45) is 0 Å². The van der Waals surface area contributed by atoms with Crippen LogP contribution in [0.3, 0.4) is 0 Å². The van der Waals surface area contributed by atoms with Crippen molar-refractivity contribution >= 4 is 17.4 Å². The van der Waals surface area contributed by atoms with Crippen molar-refractivity contribution in [1.29, 1.82) is 0 Å². The Morgan fingerprint density at radius 2 is 2.20 bits per heavy atom. The normalized spacial score (nSPS) is 15.5. The molecule has 0 bridgehead atoms. The topological polar surface area (TPSA) is 84.4 Å². The number of amides is 2. The van der Waals surface area contributed by atoms with E-state index in [4.69, 9.17) is 11.5 Å². The molecule has 2 amide bonds. The molecule has 1 aromatic carbocycles. The van der Waals surface area contributed by atoms with Crippen molar-refractivity contribution in [3.05, 3.63) is 23.8 Å². The Bertz CT molecular complexity index is 391. The van der Waals surface area contributed by atoms with Crippen LogP contribution in [-0.4, -0.2) is 24.0 Å². The number of nitrogens with zero attached hydrogens (tertiary/aromatic N) is 1. The molecule has 1 aromatic rings. The van der Waals surface area contributed by atoms with Crippen LogP contribution in [0.4, 0.5) is 16.2 Å². The molecule has 1 saturated heterocycles. The second-order valence-corrected chi connectivity index (χ2v) is 3.61. The highest BCUT2D eigenvalue weighted by Crippen LogP contribution is 2.18. The third-order valence-electron chi connectivity index (χ3n) is 2.48. The SMILES string of the molecule is Nc1ccc(CN2CCNC2=O)c(N)c1. The summed E-state index contributed by atoms with van der Waals surface area (Å²) in [5.74, 6) is 0. The zero-order valence-corrected chi connectivity index (χ0v) is 8.36. The first-order valence-corrected chi connectivity index (χ1v) is 4.83. The van der Waals surface area contributed by atoms with Gasteiger partial charge in [0.1, 0.15) is 0 Å². The highest BCUT2D eigenvalue weighted by Gasteiger charge is 2.19. The molecule has 0 aromatic heterocycles. The minimum Gasteiger partial charge on any atom is -0.399 e. The van der Waals surface area contributed by atoms with E-state index >= 15 is 0 Å². The maximum Gasteiger partial charge on any atom is 0.317 e. The van der Waals surface area contributed by atoms with Crippen molar-refractivity contribution in [2.75, 3.05) is 24.6 Å². The van der Waals surface area contributed by atoms with E-state index in [0.29, 0.717) is 24.5 Å². The van der Waals surface area contributed by atoms with E-state index in [1.54, 1.807) is 17.0 Å². The van der Waals surface area contributed by atoms with E-state index in [9.17, 15) is 4.79 Å². The number of carbonyl (C=O) groups excluding carboxylic acids is 1. The minimum absolute atomic E-state index is 0.0359. The first-order valence-electron chi connectivity index (χ1n) is 4.83. The Kier molecular flexibility index (Phi) is 2.37. The van der Waals surface area contributed by atoms with Crippen molar-refractivity contribution < 1.29 is 4.79 Å². The van der Waals surface area contributed by atoms with Crippen molar-refractivity contribution in [2.45, 2.75) is 6.54 Å². The van der Waals surface area contributed by atoms with Gasteiger partial charge in [0, 0.05) is 31.0 Å². The molecule has 2 rings (SSSR count). The minimum atomic E-state index is -0.0359. The van der Waals surface area contributed by atoms with Crippen molar-refractivity contribution in [3.63, 3.8) is 0 Å². The van der Waals surface area contributed by atoms with Crippen LogP contribution in [0.5, 0.6) is 0 Å². The van der Waals surface area contributed by atoms with Gasteiger partial charge in [-0.1, -0.05) is 6.07 Å². The van der Waals surface area contributed by atoms with E-state index in [2.05, 4.69) is 5.32 Å². The fourth-order valence-electron chi connectivity index (χ4n) is 1.63. The average Bonchev–Trinajstić information content (AvgIpc) is 2.57. The van der Waals surface area contributed by atoms with Gasteiger partial charge < -0.3 is 21.7 Å². The number of rotatable bonds is 2. The maximum absolute atomic E-state index is 11.3. The second kappa shape index (κ2) is 3.68. The molecular formula is C10H14N4O. The molecular weight excluding hydrogens is 192 g/mol. The zero-order valence-electron chi connectivity index (χ0n) is 8.36. The Hall–Kier alpha value is -1.91. The number of hydrogen-bond donors (Lipinski definition) is 3. The lowest BCUT2D eigenvalue weighted by atomic mass is 10.1. The average molecular weight is 206 g/mol. The predicted octanol–water partition coefficient (Wildman–Crippen LogP) is 0.376. The number of anilines is 2. The van der Waals surface area contributed by atoms with Gasteiger partial charge in [-0.05, 0) is 17.7 Å². The van der Waals surface area contributed by atoms with Gasteiger partial charge in [-0.15, -0.1) is 0 Å². The zero-order chi connectivity index (χ0) is 10.8. The van der Waals surface area contributed by atoms with Crippen LogP contribution in [0.15, 0.2) is 18.2 Å². The van der Waals surface area contributed by atoms with Crippen LogP contribution in [0.2, 0.25) is 0 Å². The van der Waals surface area contributed by atoms with Gasteiger partial charge in [0.2, 0.25) is 0 Å². The summed E-state index contributed by atoms with van der Waals surface area (Å²) in [5.41, 5.74) is 13.6. The summed E-state index contributed by atoms with van der Waals surface area (Å²) < 4.78 is 0. The summed E-state index contributed by atoms with van der Waals surface area (Å²) >= 11 is 0. The molecule has 0 atom stereocenters. The molecule has 1 heterocycles. The molecule has 5 N–H and O–H groups in total. The lowest BCUT2D eigenvalue weighted by Crippen LogP contribution is -2.27. The molecule has 0 unspecified atom stereocenters. The summed E-state index contributed by atoms with van der Waals surface area (Å²) in [7, 11) is 0. The van der Waals surface area contributed by atoms with Gasteiger partial charge in [-0.2, -0.15) is 0 Å². The van der Waals surface area contributed by atoms with Gasteiger partial charge in [-0.3, -0.25) is 0 Å². The first kappa shape index (κ1) is 9.64. The van der Waals surface area contributed by atoms with Gasteiger partial charge in [-0.25, -0.2) is 4.79 Å².